The normalized spacial score (nSPS) is 17.9. The molecule has 10 nitrogen and oxygen atoms in total. The van der Waals surface area contributed by atoms with E-state index in [0.29, 0.717) is 27.9 Å². The highest BCUT2D eigenvalue weighted by molar-refractivity contribution is 6.10. The molecule has 2 atom stereocenters. The Balaban J connectivity index is 1.49. The van der Waals surface area contributed by atoms with Crippen LogP contribution in [0.25, 0.3) is 22.3 Å². The standard InChI is InChI=1S/C30H25N3O7/c1-2-30(39)20-13-23-25-18(14-33(23)27(35)19(20)15-40-29(30)38)24(17-10-6-7-11-21(17)31-25)26(34)32-22(28(36)37)12-16-8-4-3-5-9-16/h3-11,13,22,39H,2,12,14-15H2,1H3,(H,32,34)(H,36,37)/t22?,30-/m0/s1. The average Bonchev–Trinajstić information content (AvgIpc) is 3.32. The Hall–Kier alpha value is -4.83. The number of hydrogen-bond donors (Lipinski definition) is 3. The smallest absolute Gasteiger partial charge is 0.343 e. The summed E-state index contributed by atoms with van der Waals surface area (Å²) < 4.78 is 6.58. The molecule has 0 fully saturated rings. The number of amides is 1. The van der Waals surface area contributed by atoms with Crippen molar-refractivity contribution in [2.45, 2.75) is 44.6 Å². The van der Waals surface area contributed by atoms with Crippen molar-refractivity contribution in [1.29, 1.82) is 0 Å². The molecule has 10 heteroatoms. The highest BCUT2D eigenvalue weighted by Gasteiger charge is 2.45. The van der Waals surface area contributed by atoms with Crippen molar-refractivity contribution in [2.24, 2.45) is 0 Å². The quantitative estimate of drug-likeness (QED) is 0.279. The molecule has 2 aromatic heterocycles. The van der Waals surface area contributed by atoms with Crippen molar-refractivity contribution in [3.8, 4) is 11.4 Å². The number of fused-ring (bicyclic) bond motifs is 5. The largest absolute Gasteiger partial charge is 0.480 e. The molecule has 1 amide bonds. The summed E-state index contributed by atoms with van der Waals surface area (Å²) in [7, 11) is 0. The number of carbonyl (C=O) groups excluding carboxylic acids is 2. The number of para-hydroxylation sites is 1. The zero-order valence-electron chi connectivity index (χ0n) is 21.5. The molecule has 0 aliphatic carbocycles. The van der Waals surface area contributed by atoms with Crippen molar-refractivity contribution in [2.75, 3.05) is 0 Å². The lowest BCUT2D eigenvalue weighted by Crippen LogP contribution is -2.44. The third-order valence-corrected chi connectivity index (χ3v) is 7.71. The molecule has 0 saturated carbocycles. The number of aliphatic carboxylic acids is 1. The molecule has 0 radical (unpaired) electrons. The van der Waals surface area contributed by atoms with Gasteiger partial charge in [-0.1, -0.05) is 55.5 Å². The van der Waals surface area contributed by atoms with Crippen molar-refractivity contribution >= 4 is 28.7 Å². The first-order valence-electron chi connectivity index (χ1n) is 12.9. The molecule has 2 aromatic carbocycles. The summed E-state index contributed by atoms with van der Waals surface area (Å²) in [5.41, 5.74) is 0.535. The molecule has 4 aromatic rings. The van der Waals surface area contributed by atoms with Gasteiger partial charge < -0.3 is 24.8 Å². The van der Waals surface area contributed by atoms with Crippen LogP contribution < -0.4 is 10.9 Å². The Morgan fingerprint density at radius 2 is 1.82 bits per heavy atom. The number of hydrogen-bond acceptors (Lipinski definition) is 7. The Labute approximate surface area is 227 Å². The van der Waals surface area contributed by atoms with Gasteiger partial charge in [-0.3, -0.25) is 9.59 Å². The molecule has 202 valence electrons. The number of rotatable bonds is 6. The number of aliphatic hydroxyl groups is 1. The monoisotopic (exact) mass is 539 g/mol. The first-order valence-corrected chi connectivity index (χ1v) is 12.9. The maximum Gasteiger partial charge on any atom is 0.343 e. The number of pyridine rings is 2. The molecule has 1 unspecified atom stereocenters. The van der Waals surface area contributed by atoms with Crippen LogP contribution in [-0.4, -0.2) is 43.7 Å². The summed E-state index contributed by atoms with van der Waals surface area (Å²) in [6, 6.07) is 16.3. The van der Waals surface area contributed by atoms with Crippen molar-refractivity contribution in [1.82, 2.24) is 14.9 Å². The number of nitrogens with one attached hydrogen (secondary N) is 1. The Morgan fingerprint density at radius 1 is 1.10 bits per heavy atom. The number of ether oxygens (including phenoxy) is 1. The Kier molecular flexibility index (Phi) is 5.99. The van der Waals surface area contributed by atoms with E-state index >= 15 is 0 Å². The Morgan fingerprint density at radius 3 is 2.55 bits per heavy atom. The summed E-state index contributed by atoms with van der Waals surface area (Å²) in [4.78, 5) is 56.7. The first kappa shape index (κ1) is 25.4. The molecule has 40 heavy (non-hydrogen) atoms. The fraction of sp³-hybridized carbons (Fsp3) is 0.233. The lowest BCUT2D eigenvalue weighted by Gasteiger charge is -2.31. The topological polar surface area (TPSA) is 148 Å². The van der Waals surface area contributed by atoms with Gasteiger partial charge in [0.2, 0.25) is 0 Å². The van der Waals surface area contributed by atoms with Crippen molar-refractivity contribution < 1.29 is 29.3 Å². The fourth-order valence-corrected chi connectivity index (χ4v) is 5.57. The molecule has 4 heterocycles. The zero-order valence-corrected chi connectivity index (χ0v) is 21.5. The summed E-state index contributed by atoms with van der Waals surface area (Å²) in [5.74, 6) is -2.61. The molecular weight excluding hydrogens is 514 g/mol. The second kappa shape index (κ2) is 9.42. The van der Waals surface area contributed by atoms with E-state index in [9.17, 15) is 29.4 Å². The van der Waals surface area contributed by atoms with Crippen LogP contribution in [0, 0.1) is 0 Å². The van der Waals surface area contributed by atoms with Crippen LogP contribution in [0.1, 0.15) is 46.0 Å². The number of nitrogens with zero attached hydrogens (tertiary/aromatic N) is 2. The number of aromatic nitrogens is 2. The van der Waals surface area contributed by atoms with E-state index in [2.05, 4.69) is 5.32 Å². The molecule has 3 N–H and O–H groups in total. The Bertz CT molecular complexity index is 1780. The number of benzene rings is 2. The predicted molar refractivity (Wildman–Crippen MR) is 144 cm³/mol. The van der Waals surface area contributed by atoms with Crippen LogP contribution in [0.5, 0.6) is 0 Å². The van der Waals surface area contributed by atoms with Gasteiger partial charge in [-0.25, -0.2) is 14.6 Å². The molecule has 6 rings (SSSR count). The van der Waals surface area contributed by atoms with E-state index in [4.69, 9.17) is 9.72 Å². The number of carboxylic acids is 1. The van der Waals surface area contributed by atoms with Gasteiger partial charge in [0.25, 0.3) is 11.5 Å². The minimum Gasteiger partial charge on any atom is -0.480 e. The molecule has 0 spiro atoms. The van der Waals surface area contributed by atoms with E-state index in [1.165, 1.54) is 4.57 Å². The van der Waals surface area contributed by atoms with Crippen LogP contribution in [-0.2, 0) is 39.5 Å². The third-order valence-electron chi connectivity index (χ3n) is 7.71. The predicted octanol–water partition coefficient (Wildman–Crippen LogP) is 2.51. The number of carboxylic acid groups (broad SMARTS) is 1. The average molecular weight is 540 g/mol. The highest BCUT2D eigenvalue weighted by atomic mass is 16.6. The van der Waals surface area contributed by atoms with Crippen molar-refractivity contribution in [3.05, 3.63) is 98.8 Å². The zero-order chi connectivity index (χ0) is 28.2. The number of cyclic esters (lactones) is 1. The SMILES string of the molecule is CC[C@@]1(O)C(=O)OCc2c1cc1n(c2=O)Cc2c-1nc1ccccc1c2C(=O)NC(Cc1ccccc1)C(=O)O. The fourth-order valence-electron chi connectivity index (χ4n) is 5.57. The number of esters is 1. The van der Waals surface area contributed by atoms with Gasteiger partial charge in [0.15, 0.2) is 5.60 Å². The molecule has 2 aliphatic heterocycles. The molecule has 0 saturated heterocycles. The van der Waals surface area contributed by atoms with Crippen LogP contribution in [0.2, 0.25) is 0 Å². The second-order valence-electron chi connectivity index (χ2n) is 9.99. The molecule has 2 aliphatic rings. The van der Waals surface area contributed by atoms with E-state index in [-0.39, 0.29) is 42.7 Å². The van der Waals surface area contributed by atoms with Crippen LogP contribution >= 0.6 is 0 Å². The van der Waals surface area contributed by atoms with Crippen LogP contribution in [0.15, 0.2) is 65.5 Å². The van der Waals surface area contributed by atoms with Gasteiger partial charge in [-0.05, 0) is 24.1 Å². The van der Waals surface area contributed by atoms with E-state index in [0.717, 1.165) is 5.56 Å². The van der Waals surface area contributed by atoms with Gasteiger partial charge >= 0.3 is 11.9 Å². The minimum absolute atomic E-state index is 0.00534. The minimum atomic E-state index is -1.98. The van der Waals surface area contributed by atoms with Gasteiger partial charge in [-0.15, -0.1) is 0 Å². The van der Waals surface area contributed by atoms with E-state index in [1.54, 1.807) is 61.5 Å². The first-order chi connectivity index (χ1) is 19.2. The van der Waals surface area contributed by atoms with Gasteiger partial charge in [0, 0.05) is 22.9 Å². The van der Waals surface area contributed by atoms with E-state index < -0.39 is 35.0 Å². The van der Waals surface area contributed by atoms with Gasteiger partial charge in [0.05, 0.1) is 34.6 Å². The van der Waals surface area contributed by atoms with Crippen LogP contribution in [0.3, 0.4) is 0 Å². The summed E-state index contributed by atoms with van der Waals surface area (Å²) in [6.07, 6.45) is 0.0918. The number of carbonyl (C=O) groups is 3. The summed E-state index contributed by atoms with van der Waals surface area (Å²) >= 11 is 0. The maximum absolute atomic E-state index is 13.8. The van der Waals surface area contributed by atoms with Crippen molar-refractivity contribution in [3.63, 3.8) is 0 Å². The molecular formula is C30H25N3O7. The lowest BCUT2D eigenvalue weighted by atomic mass is 9.86. The van der Waals surface area contributed by atoms with Crippen LogP contribution in [0.4, 0.5) is 0 Å². The maximum atomic E-state index is 13.8. The van der Waals surface area contributed by atoms with E-state index in [1.807, 2.05) is 6.07 Å². The third kappa shape index (κ3) is 3.87. The molecule has 0 bridgehead atoms. The lowest BCUT2D eigenvalue weighted by molar-refractivity contribution is -0.172. The summed E-state index contributed by atoms with van der Waals surface area (Å²) in [6.45, 7) is 1.36. The summed E-state index contributed by atoms with van der Waals surface area (Å²) in [5, 5.41) is 24.2. The highest BCUT2D eigenvalue weighted by Crippen LogP contribution is 2.40. The second-order valence-corrected chi connectivity index (χ2v) is 9.99. The van der Waals surface area contributed by atoms with Gasteiger partial charge in [-0.2, -0.15) is 0 Å². The van der Waals surface area contributed by atoms with Gasteiger partial charge in [0.1, 0.15) is 12.6 Å².